The summed E-state index contributed by atoms with van der Waals surface area (Å²) in [6.07, 6.45) is 5.90. The lowest BCUT2D eigenvalue weighted by Gasteiger charge is -2.38. The maximum absolute atomic E-state index is 8.79. The molecule has 0 N–H and O–H groups in total. The molecule has 1 saturated carbocycles. The minimum Gasteiger partial charge on any atom is -0.361 e. The van der Waals surface area contributed by atoms with Crippen LogP contribution in [0.4, 0.5) is 0 Å². The average Bonchev–Trinajstić information content (AvgIpc) is 2.99. The monoisotopic (exact) mass is 269 g/mol. The molecular formula is C14H15N5O. The van der Waals surface area contributed by atoms with Crippen molar-refractivity contribution in [1.82, 2.24) is 19.8 Å². The second-order valence-electron chi connectivity index (χ2n) is 5.66. The van der Waals surface area contributed by atoms with Crippen molar-refractivity contribution in [3.63, 3.8) is 0 Å². The summed E-state index contributed by atoms with van der Waals surface area (Å²) in [5, 5.41) is 17.1. The Hall–Kier alpha value is -2.13. The Balaban J connectivity index is 1.33. The van der Waals surface area contributed by atoms with Crippen LogP contribution < -0.4 is 0 Å². The van der Waals surface area contributed by atoms with Gasteiger partial charge in [-0.1, -0.05) is 5.16 Å². The van der Waals surface area contributed by atoms with E-state index in [1.807, 2.05) is 10.9 Å². The summed E-state index contributed by atoms with van der Waals surface area (Å²) in [6.45, 7) is 2.72. The van der Waals surface area contributed by atoms with Crippen LogP contribution in [0, 0.1) is 11.3 Å². The summed E-state index contributed by atoms with van der Waals surface area (Å²) in [5.41, 5.74) is 1.64. The molecule has 0 radical (unpaired) electrons. The molecule has 2 fully saturated rings. The summed E-state index contributed by atoms with van der Waals surface area (Å²) in [5.74, 6) is 1.66. The molecule has 0 bridgehead atoms. The van der Waals surface area contributed by atoms with Gasteiger partial charge in [0.25, 0.3) is 0 Å². The number of nitrogens with zero attached hydrogens (tertiary/aromatic N) is 5. The van der Waals surface area contributed by atoms with Crippen LogP contribution in [0.3, 0.4) is 0 Å². The number of hydrogen-bond acceptors (Lipinski definition) is 5. The molecule has 20 heavy (non-hydrogen) atoms. The summed E-state index contributed by atoms with van der Waals surface area (Å²) < 4.78 is 7.24. The molecule has 3 heterocycles. The first-order chi connectivity index (χ1) is 9.81. The molecule has 1 aliphatic carbocycles. The number of likely N-dealkylation sites (tertiary alicyclic amines) is 1. The third-order valence-electron chi connectivity index (χ3n) is 3.99. The van der Waals surface area contributed by atoms with E-state index in [9.17, 15) is 0 Å². The van der Waals surface area contributed by atoms with Gasteiger partial charge in [-0.05, 0) is 12.8 Å². The van der Waals surface area contributed by atoms with Gasteiger partial charge in [-0.25, -0.2) is 0 Å². The number of hydrogen-bond donors (Lipinski definition) is 0. The number of rotatable bonds is 4. The van der Waals surface area contributed by atoms with Crippen molar-refractivity contribution in [1.29, 1.82) is 5.26 Å². The fraction of sp³-hybridized carbons (Fsp3) is 0.500. The second kappa shape index (κ2) is 4.46. The molecule has 0 aromatic carbocycles. The van der Waals surface area contributed by atoms with E-state index in [2.05, 4.69) is 27.3 Å². The lowest BCUT2D eigenvalue weighted by molar-refractivity contribution is 0.0883. The van der Waals surface area contributed by atoms with Gasteiger partial charge in [0.05, 0.1) is 23.5 Å². The molecule has 0 unspecified atom stereocenters. The minimum absolute atomic E-state index is 0.368. The van der Waals surface area contributed by atoms with Gasteiger partial charge in [-0.15, -0.1) is 0 Å². The topological polar surface area (TPSA) is 70.9 Å². The smallest absolute Gasteiger partial charge is 0.140 e. The van der Waals surface area contributed by atoms with Gasteiger partial charge in [-0.3, -0.25) is 9.58 Å². The first-order valence-corrected chi connectivity index (χ1v) is 6.94. The maximum Gasteiger partial charge on any atom is 0.140 e. The fourth-order valence-corrected chi connectivity index (χ4v) is 2.63. The molecule has 102 valence electrons. The summed E-state index contributed by atoms with van der Waals surface area (Å²) >= 11 is 0. The van der Waals surface area contributed by atoms with E-state index in [1.54, 1.807) is 6.20 Å². The van der Waals surface area contributed by atoms with E-state index in [0.29, 0.717) is 17.5 Å². The molecule has 2 aromatic heterocycles. The van der Waals surface area contributed by atoms with Gasteiger partial charge in [0.2, 0.25) is 0 Å². The Bertz CT molecular complexity index is 657. The van der Waals surface area contributed by atoms with Crippen molar-refractivity contribution in [2.24, 2.45) is 0 Å². The van der Waals surface area contributed by atoms with Gasteiger partial charge in [0.15, 0.2) is 0 Å². The molecule has 1 aliphatic heterocycles. The van der Waals surface area contributed by atoms with Crippen LogP contribution in [0.2, 0.25) is 0 Å². The van der Waals surface area contributed by atoms with Gasteiger partial charge in [-0.2, -0.15) is 10.4 Å². The molecule has 1 saturated heterocycles. The SMILES string of the molecule is N#Cc1cnn(C2CN(Cc3cc(C4CC4)on3)C2)c1. The molecule has 0 amide bonds. The maximum atomic E-state index is 8.79. The summed E-state index contributed by atoms with van der Waals surface area (Å²) in [7, 11) is 0. The van der Waals surface area contributed by atoms with Crippen molar-refractivity contribution in [2.75, 3.05) is 13.1 Å². The fourth-order valence-electron chi connectivity index (χ4n) is 2.63. The highest BCUT2D eigenvalue weighted by atomic mass is 16.5. The van der Waals surface area contributed by atoms with Crippen molar-refractivity contribution in [3.8, 4) is 6.07 Å². The standard InChI is InChI=1S/C14H15N5O/c15-4-10-5-16-19(6-10)13-8-18(9-13)7-12-3-14(20-17-12)11-1-2-11/h3,5-6,11,13H,1-2,7-9H2. The molecule has 6 heteroatoms. The Labute approximate surface area is 116 Å². The van der Waals surface area contributed by atoms with Crippen molar-refractivity contribution in [3.05, 3.63) is 35.5 Å². The summed E-state index contributed by atoms with van der Waals surface area (Å²) in [4.78, 5) is 2.31. The van der Waals surface area contributed by atoms with E-state index in [0.717, 1.165) is 31.1 Å². The van der Waals surface area contributed by atoms with Gasteiger partial charge >= 0.3 is 0 Å². The van der Waals surface area contributed by atoms with E-state index in [1.165, 1.54) is 12.8 Å². The third-order valence-corrected chi connectivity index (χ3v) is 3.99. The zero-order chi connectivity index (χ0) is 13.5. The largest absolute Gasteiger partial charge is 0.361 e. The van der Waals surface area contributed by atoms with Crippen LogP contribution in [-0.4, -0.2) is 32.9 Å². The third kappa shape index (κ3) is 2.10. The first-order valence-electron chi connectivity index (χ1n) is 6.94. The number of nitriles is 1. The van der Waals surface area contributed by atoms with E-state index in [4.69, 9.17) is 9.78 Å². The Morgan fingerprint density at radius 3 is 2.95 bits per heavy atom. The predicted octanol–water partition coefficient (Wildman–Crippen LogP) is 1.68. The lowest BCUT2D eigenvalue weighted by Crippen LogP contribution is -2.47. The highest BCUT2D eigenvalue weighted by Gasteiger charge is 2.31. The Morgan fingerprint density at radius 2 is 2.25 bits per heavy atom. The van der Waals surface area contributed by atoms with E-state index >= 15 is 0 Å². The normalized spacial score (nSPS) is 19.8. The van der Waals surface area contributed by atoms with Crippen molar-refractivity contribution in [2.45, 2.75) is 31.3 Å². The van der Waals surface area contributed by atoms with E-state index < -0.39 is 0 Å². The van der Waals surface area contributed by atoms with Gasteiger partial charge in [0.1, 0.15) is 11.8 Å². The molecule has 4 rings (SSSR count). The predicted molar refractivity (Wildman–Crippen MR) is 69.7 cm³/mol. The highest BCUT2D eigenvalue weighted by molar-refractivity contribution is 5.22. The van der Waals surface area contributed by atoms with Crippen molar-refractivity contribution >= 4 is 0 Å². The van der Waals surface area contributed by atoms with Crippen LogP contribution in [0.5, 0.6) is 0 Å². The number of aromatic nitrogens is 3. The summed E-state index contributed by atoms with van der Waals surface area (Å²) in [6, 6.07) is 4.56. The zero-order valence-corrected chi connectivity index (χ0v) is 11.1. The lowest BCUT2D eigenvalue weighted by atomic mass is 10.1. The van der Waals surface area contributed by atoms with Crippen LogP contribution in [-0.2, 0) is 6.54 Å². The molecule has 2 aromatic rings. The second-order valence-corrected chi connectivity index (χ2v) is 5.66. The Morgan fingerprint density at radius 1 is 1.40 bits per heavy atom. The highest BCUT2D eigenvalue weighted by Crippen LogP contribution is 2.40. The van der Waals surface area contributed by atoms with Crippen molar-refractivity contribution < 1.29 is 4.52 Å². The average molecular weight is 269 g/mol. The van der Waals surface area contributed by atoms with Crippen LogP contribution in [0.1, 0.15) is 41.8 Å². The van der Waals surface area contributed by atoms with Crippen LogP contribution in [0.15, 0.2) is 23.0 Å². The molecule has 0 atom stereocenters. The van der Waals surface area contributed by atoms with Crippen LogP contribution >= 0.6 is 0 Å². The molecule has 2 aliphatic rings. The van der Waals surface area contributed by atoms with Gasteiger partial charge < -0.3 is 4.52 Å². The molecular weight excluding hydrogens is 254 g/mol. The molecule has 6 nitrogen and oxygen atoms in total. The minimum atomic E-state index is 0.368. The first kappa shape index (κ1) is 11.7. The van der Waals surface area contributed by atoms with Crippen LogP contribution in [0.25, 0.3) is 0 Å². The quantitative estimate of drug-likeness (QED) is 0.844. The van der Waals surface area contributed by atoms with E-state index in [-0.39, 0.29) is 0 Å². The zero-order valence-electron chi connectivity index (χ0n) is 11.1. The van der Waals surface area contributed by atoms with Gasteiger partial charge in [0, 0.05) is 37.8 Å². The Kier molecular flexibility index (Phi) is 2.60. The molecule has 0 spiro atoms.